The average Bonchev–Trinajstić information content (AvgIpc) is 2.59. The molecule has 0 bridgehead atoms. The number of benzene rings is 1. The first-order valence-corrected chi connectivity index (χ1v) is 11.3. The molecule has 0 fully saturated rings. The van der Waals surface area contributed by atoms with E-state index in [0.29, 0.717) is 0 Å². The molecular weight excluding hydrogens is 445 g/mol. The summed E-state index contributed by atoms with van der Waals surface area (Å²) in [5, 5.41) is 2.54. The Morgan fingerprint density at radius 3 is 2.14 bits per heavy atom. The molecule has 2 rings (SSSR count). The highest BCUT2D eigenvalue weighted by molar-refractivity contribution is 7.86. The number of nitrogens with zero attached hydrogens (tertiary/aromatic N) is 1. The van der Waals surface area contributed by atoms with Gasteiger partial charge in [-0.15, -0.1) is 23.2 Å². The van der Waals surface area contributed by atoms with E-state index in [2.05, 4.69) is 5.16 Å². The molecule has 0 spiro atoms. The summed E-state index contributed by atoms with van der Waals surface area (Å²) in [4.78, 5) is 11.4. The number of Topliss-reactive ketones (excluding diaryl/α,β-unsaturated/α-hetero) is 1. The zero-order valence-electron chi connectivity index (χ0n) is 16.2. The highest BCUT2D eigenvalue weighted by Crippen LogP contribution is 2.44. The molecule has 154 valence electrons. The molecule has 0 radical (unpaired) electrons. The first-order valence-electron chi connectivity index (χ1n) is 8.70. The van der Waals surface area contributed by atoms with Crippen LogP contribution in [-0.4, -0.2) is 30.2 Å². The minimum atomic E-state index is -4.19. The molecule has 1 aliphatic carbocycles. The fourth-order valence-corrected chi connectivity index (χ4v) is 4.81. The highest BCUT2D eigenvalue weighted by Gasteiger charge is 2.54. The van der Waals surface area contributed by atoms with Crippen LogP contribution in [0.3, 0.4) is 0 Å². The van der Waals surface area contributed by atoms with Gasteiger partial charge in [0.05, 0.1) is 5.03 Å². The number of halogens is 3. The predicted octanol–water partition coefficient (Wildman–Crippen LogP) is 5.03. The summed E-state index contributed by atoms with van der Waals surface area (Å²) in [6, 6.07) is 6.09. The van der Waals surface area contributed by atoms with Crippen molar-refractivity contribution in [2.75, 3.05) is 0 Å². The molecule has 1 aliphatic rings. The summed E-state index contributed by atoms with van der Waals surface area (Å²) < 4.78 is 29.7. The second kappa shape index (κ2) is 8.34. The molecule has 0 N–H and O–H groups in total. The lowest BCUT2D eigenvalue weighted by molar-refractivity contribution is -0.119. The smallest absolute Gasteiger partial charge is 0.292 e. The maximum atomic E-state index is 13.0. The average molecular weight is 467 g/mol. The van der Waals surface area contributed by atoms with E-state index in [1.54, 1.807) is 39.8 Å². The number of ketones is 1. The number of aryl methyl sites for hydroxylation is 1. The number of carbonyl (C=O) groups excluding carboxylic acids is 1. The minimum Gasteiger partial charge on any atom is -0.292 e. The molecular formula is C19H22Cl3NO4S. The van der Waals surface area contributed by atoms with Crippen molar-refractivity contribution < 1.29 is 17.5 Å². The Bertz CT molecular complexity index is 936. The summed E-state index contributed by atoms with van der Waals surface area (Å²) in [6.07, 6.45) is 0. The quantitative estimate of drug-likeness (QED) is 0.451. The first kappa shape index (κ1) is 23.2. The van der Waals surface area contributed by atoms with Crippen LogP contribution in [0.5, 0.6) is 0 Å². The number of hydrogen-bond acceptors (Lipinski definition) is 5. The van der Waals surface area contributed by atoms with Crippen LogP contribution >= 0.6 is 34.8 Å². The van der Waals surface area contributed by atoms with Gasteiger partial charge in [-0.05, 0) is 30.9 Å². The van der Waals surface area contributed by atoms with E-state index in [9.17, 15) is 13.2 Å². The molecule has 2 unspecified atom stereocenters. The summed E-state index contributed by atoms with van der Waals surface area (Å²) in [6.45, 7) is 8.89. The van der Waals surface area contributed by atoms with E-state index < -0.39 is 20.4 Å². The molecule has 0 aromatic heterocycles. The van der Waals surface area contributed by atoms with Crippen LogP contribution in [0.2, 0.25) is 0 Å². The fourth-order valence-electron chi connectivity index (χ4n) is 2.86. The minimum absolute atomic E-state index is 0.0315. The second-order valence-electron chi connectivity index (χ2n) is 7.32. The molecule has 1 aromatic carbocycles. The second-order valence-corrected chi connectivity index (χ2v) is 10.3. The molecule has 0 aliphatic heterocycles. The molecule has 1 aromatic rings. The molecule has 2 atom stereocenters. The van der Waals surface area contributed by atoms with Gasteiger partial charge in [0.1, 0.15) is 20.9 Å². The van der Waals surface area contributed by atoms with Gasteiger partial charge in [0.25, 0.3) is 0 Å². The van der Waals surface area contributed by atoms with E-state index in [1.807, 2.05) is 6.92 Å². The highest BCUT2D eigenvalue weighted by atomic mass is 35.5. The van der Waals surface area contributed by atoms with Gasteiger partial charge in [-0.3, -0.25) is 9.08 Å². The van der Waals surface area contributed by atoms with Gasteiger partial charge in [-0.25, -0.2) is 0 Å². The molecule has 0 amide bonds. The van der Waals surface area contributed by atoms with Crippen LogP contribution < -0.4 is 0 Å². The molecule has 0 saturated carbocycles. The summed E-state index contributed by atoms with van der Waals surface area (Å²) in [5.41, 5.74) is 1.07. The number of hydrogen-bond donors (Lipinski definition) is 0. The molecule has 5 nitrogen and oxygen atoms in total. The standard InChI is InChI=1S/C19H22Cl3NO4S/c1-10(2)14-15(20)16(17(21)19(22,11(3)4)18(14)24)23-27-28(25,26)13-8-6-12(5)7-9-13/h6-11,17H,1-5H3/b23-16-. The maximum absolute atomic E-state index is 13.0. The van der Waals surface area contributed by atoms with Crippen LogP contribution in [0.25, 0.3) is 0 Å². The van der Waals surface area contributed by atoms with E-state index in [-0.39, 0.29) is 38.8 Å². The predicted molar refractivity (Wildman–Crippen MR) is 113 cm³/mol. The maximum Gasteiger partial charge on any atom is 0.358 e. The fraction of sp³-hybridized carbons (Fsp3) is 0.474. The normalized spacial score (nSPS) is 25.1. The molecule has 9 heteroatoms. The third-order valence-corrected chi connectivity index (χ3v) is 7.63. The number of oxime groups is 1. The van der Waals surface area contributed by atoms with Crippen molar-refractivity contribution in [3.05, 3.63) is 40.4 Å². The largest absolute Gasteiger partial charge is 0.358 e. The van der Waals surface area contributed by atoms with Crippen molar-refractivity contribution in [3.63, 3.8) is 0 Å². The van der Waals surface area contributed by atoms with Crippen LogP contribution in [0.15, 0.2) is 44.9 Å². The van der Waals surface area contributed by atoms with Crippen LogP contribution in [0, 0.1) is 18.8 Å². The number of allylic oxidation sites excluding steroid dienone is 2. The zero-order chi connectivity index (χ0) is 21.4. The zero-order valence-corrected chi connectivity index (χ0v) is 19.2. The molecule has 0 saturated heterocycles. The van der Waals surface area contributed by atoms with Crippen molar-refractivity contribution in [1.29, 1.82) is 0 Å². The lowest BCUT2D eigenvalue weighted by atomic mass is 9.75. The van der Waals surface area contributed by atoms with Crippen LogP contribution in [-0.2, 0) is 19.2 Å². The third kappa shape index (κ3) is 4.11. The van der Waals surface area contributed by atoms with Gasteiger partial charge in [0.15, 0.2) is 5.78 Å². The Balaban J connectivity index is 2.55. The van der Waals surface area contributed by atoms with Gasteiger partial charge in [0.2, 0.25) is 0 Å². The Morgan fingerprint density at radius 1 is 1.14 bits per heavy atom. The van der Waals surface area contributed by atoms with Gasteiger partial charge < -0.3 is 0 Å². The van der Waals surface area contributed by atoms with Gasteiger partial charge in [-0.2, -0.15) is 8.42 Å². The van der Waals surface area contributed by atoms with E-state index in [4.69, 9.17) is 39.1 Å². The van der Waals surface area contributed by atoms with Gasteiger partial charge >= 0.3 is 10.1 Å². The topological polar surface area (TPSA) is 72.8 Å². The molecule has 28 heavy (non-hydrogen) atoms. The van der Waals surface area contributed by atoms with Crippen LogP contribution in [0.4, 0.5) is 0 Å². The van der Waals surface area contributed by atoms with Crippen molar-refractivity contribution >= 4 is 56.4 Å². The van der Waals surface area contributed by atoms with E-state index in [0.717, 1.165) is 5.56 Å². The Hall–Kier alpha value is -1.08. The summed E-state index contributed by atoms with van der Waals surface area (Å²) in [7, 11) is -4.19. The lowest BCUT2D eigenvalue weighted by Gasteiger charge is -2.39. The van der Waals surface area contributed by atoms with Crippen molar-refractivity contribution in [3.8, 4) is 0 Å². The third-order valence-electron chi connectivity index (χ3n) is 4.62. The first-order chi connectivity index (χ1) is 12.8. The van der Waals surface area contributed by atoms with E-state index >= 15 is 0 Å². The van der Waals surface area contributed by atoms with Crippen LogP contribution in [0.1, 0.15) is 33.3 Å². The SMILES string of the molecule is Cc1ccc(S(=O)(=O)O/N=C2/C(Cl)=C(C(C)C)C(=O)C(Cl)(C(C)C)C2Cl)cc1. The Kier molecular flexibility index (Phi) is 6.91. The number of carbonyl (C=O) groups is 1. The monoisotopic (exact) mass is 465 g/mol. The summed E-state index contributed by atoms with van der Waals surface area (Å²) in [5.74, 6) is -1.01. The van der Waals surface area contributed by atoms with Gasteiger partial charge in [-0.1, -0.05) is 62.1 Å². The summed E-state index contributed by atoms with van der Waals surface area (Å²) >= 11 is 19.5. The number of alkyl halides is 2. The Morgan fingerprint density at radius 2 is 1.68 bits per heavy atom. The number of rotatable bonds is 5. The Labute approximate surface area is 180 Å². The van der Waals surface area contributed by atoms with Crippen molar-refractivity contribution in [2.24, 2.45) is 17.0 Å². The van der Waals surface area contributed by atoms with E-state index in [1.165, 1.54) is 12.1 Å². The van der Waals surface area contributed by atoms with Crippen molar-refractivity contribution in [1.82, 2.24) is 0 Å². The van der Waals surface area contributed by atoms with Crippen molar-refractivity contribution in [2.45, 2.75) is 49.8 Å². The molecule has 0 heterocycles. The lowest BCUT2D eigenvalue weighted by Crippen LogP contribution is -2.54. The van der Waals surface area contributed by atoms with Gasteiger partial charge in [0, 0.05) is 5.57 Å².